The van der Waals surface area contributed by atoms with Gasteiger partial charge < -0.3 is 4.74 Å². The molecule has 0 spiro atoms. The Bertz CT molecular complexity index is 1340. The molecule has 0 radical (unpaired) electrons. The fraction of sp³-hybridized carbons (Fsp3) is 0.292. The summed E-state index contributed by atoms with van der Waals surface area (Å²) in [6.45, 7) is 6.82. The van der Waals surface area contributed by atoms with E-state index in [1.807, 2.05) is 43.3 Å². The van der Waals surface area contributed by atoms with E-state index in [0.29, 0.717) is 35.7 Å². The Morgan fingerprint density at radius 2 is 1.88 bits per heavy atom. The van der Waals surface area contributed by atoms with Gasteiger partial charge in [-0.3, -0.25) is 19.5 Å². The van der Waals surface area contributed by atoms with E-state index in [0.717, 1.165) is 16.8 Å². The largest absolute Gasteiger partial charge is 0.478 e. The van der Waals surface area contributed by atoms with Gasteiger partial charge in [-0.15, -0.1) is 12.4 Å². The maximum Gasteiger partial charge on any atom is 0.330 e. The lowest BCUT2D eigenvalue weighted by molar-refractivity contribution is 0.325. The van der Waals surface area contributed by atoms with E-state index in [1.165, 1.54) is 0 Å². The Morgan fingerprint density at radius 3 is 2.55 bits per heavy atom. The number of halogens is 1. The van der Waals surface area contributed by atoms with Crippen LogP contribution in [0.25, 0.3) is 22.6 Å². The quantitative estimate of drug-likeness (QED) is 0.340. The van der Waals surface area contributed by atoms with Crippen LogP contribution in [0.15, 0.2) is 53.6 Å². The van der Waals surface area contributed by atoms with Crippen molar-refractivity contribution in [3.63, 3.8) is 0 Å². The van der Waals surface area contributed by atoms with E-state index in [4.69, 9.17) is 15.1 Å². The smallest absolute Gasteiger partial charge is 0.330 e. The number of nitrogens with zero attached hydrogens (tertiary/aromatic N) is 5. The number of hydrogen-bond acceptors (Lipinski definition) is 6. The highest BCUT2D eigenvalue weighted by Gasteiger charge is 2.17. The highest BCUT2D eigenvalue weighted by Crippen LogP contribution is 2.25. The molecule has 0 unspecified atom stereocenters. The first-order valence-electron chi connectivity index (χ1n) is 10.6. The van der Waals surface area contributed by atoms with Crippen LogP contribution >= 0.6 is 12.4 Å². The summed E-state index contributed by atoms with van der Waals surface area (Å²) in [5.74, 6) is 0.905. The molecule has 3 aromatic heterocycles. The third kappa shape index (κ3) is 4.66. The second-order valence-corrected chi connectivity index (χ2v) is 7.88. The molecule has 172 valence electrons. The van der Waals surface area contributed by atoms with Crippen LogP contribution in [-0.2, 0) is 18.3 Å². The molecule has 0 atom stereocenters. The van der Waals surface area contributed by atoms with E-state index < -0.39 is 0 Å². The number of benzene rings is 1. The van der Waals surface area contributed by atoms with Crippen molar-refractivity contribution < 1.29 is 4.74 Å². The fourth-order valence-electron chi connectivity index (χ4n) is 3.69. The van der Waals surface area contributed by atoms with Gasteiger partial charge >= 0.3 is 5.69 Å². The molecule has 0 aliphatic rings. The highest BCUT2D eigenvalue weighted by atomic mass is 35.5. The molecule has 33 heavy (non-hydrogen) atoms. The Hall–Kier alpha value is -3.52. The van der Waals surface area contributed by atoms with E-state index in [9.17, 15) is 4.79 Å². The first-order valence-corrected chi connectivity index (χ1v) is 10.6. The van der Waals surface area contributed by atoms with Gasteiger partial charge in [-0.05, 0) is 42.7 Å². The van der Waals surface area contributed by atoms with Crippen molar-refractivity contribution >= 4 is 29.5 Å². The zero-order chi connectivity index (χ0) is 22.8. The van der Waals surface area contributed by atoms with E-state index in [-0.39, 0.29) is 29.9 Å². The van der Waals surface area contributed by atoms with Crippen molar-refractivity contribution in [1.29, 1.82) is 5.41 Å². The van der Waals surface area contributed by atoms with Crippen LogP contribution in [0, 0.1) is 5.41 Å². The predicted octanol–water partition coefficient (Wildman–Crippen LogP) is 4.15. The maximum atomic E-state index is 13.0. The maximum absolute atomic E-state index is 13.0. The predicted molar refractivity (Wildman–Crippen MR) is 131 cm³/mol. The van der Waals surface area contributed by atoms with Crippen LogP contribution in [0.3, 0.4) is 0 Å². The molecule has 0 aliphatic carbocycles. The van der Waals surface area contributed by atoms with Crippen LogP contribution in [-0.4, -0.2) is 36.6 Å². The van der Waals surface area contributed by atoms with Gasteiger partial charge in [0.15, 0.2) is 11.5 Å². The minimum Gasteiger partial charge on any atom is -0.478 e. The molecule has 8 nitrogen and oxygen atoms in total. The Morgan fingerprint density at radius 1 is 1.15 bits per heavy atom. The summed E-state index contributed by atoms with van der Waals surface area (Å²) < 4.78 is 8.46. The summed E-state index contributed by atoms with van der Waals surface area (Å²) in [5.41, 5.74) is 4.50. The molecule has 9 heteroatoms. The molecule has 0 amide bonds. The molecule has 0 bridgehead atoms. The van der Waals surface area contributed by atoms with Crippen LogP contribution in [0.2, 0.25) is 0 Å². The first kappa shape index (κ1) is 24.1. The van der Waals surface area contributed by atoms with Gasteiger partial charge in [0.2, 0.25) is 5.90 Å². The zero-order valence-electron chi connectivity index (χ0n) is 19.1. The van der Waals surface area contributed by atoms with Crippen molar-refractivity contribution in [3.8, 4) is 11.4 Å². The van der Waals surface area contributed by atoms with Gasteiger partial charge in [0, 0.05) is 24.4 Å². The van der Waals surface area contributed by atoms with Crippen LogP contribution < -0.4 is 5.69 Å². The number of ether oxygens (including phenoxy) is 1. The number of pyridine rings is 1. The molecule has 0 aliphatic heterocycles. The monoisotopic (exact) mass is 466 g/mol. The second kappa shape index (κ2) is 9.95. The van der Waals surface area contributed by atoms with E-state index >= 15 is 0 Å². The van der Waals surface area contributed by atoms with Crippen molar-refractivity contribution in [2.75, 3.05) is 6.61 Å². The number of imidazole rings is 1. The molecule has 1 N–H and O–H groups in total. The van der Waals surface area contributed by atoms with E-state index in [1.54, 1.807) is 28.6 Å². The molecule has 1 aromatic carbocycles. The van der Waals surface area contributed by atoms with Crippen molar-refractivity contribution in [2.45, 2.75) is 33.2 Å². The zero-order valence-corrected chi connectivity index (χ0v) is 19.9. The molecule has 0 saturated carbocycles. The molecule has 3 heterocycles. The molecular formula is C24H27ClN6O2. The minimum atomic E-state index is -0.159. The lowest BCUT2D eigenvalue weighted by Gasteiger charge is -2.10. The summed E-state index contributed by atoms with van der Waals surface area (Å²) in [7, 11) is 1.72. The fourth-order valence-corrected chi connectivity index (χ4v) is 3.69. The SMILES string of the molecule is CCOC(=N)c1ccc(Cn2c(=O)n(C)c3cnc(-c4cccnc4C(C)C)nc32)cc1.Cl. The summed E-state index contributed by atoms with van der Waals surface area (Å²) in [6, 6.07) is 11.3. The molecule has 4 aromatic rings. The topological polar surface area (TPSA) is 98.7 Å². The summed E-state index contributed by atoms with van der Waals surface area (Å²) in [4.78, 5) is 26.8. The average Bonchev–Trinajstić information content (AvgIpc) is 3.04. The highest BCUT2D eigenvalue weighted by molar-refractivity contribution is 5.91. The number of aryl methyl sites for hydroxylation is 1. The number of fused-ring (bicyclic) bond motifs is 1. The number of rotatable bonds is 6. The van der Waals surface area contributed by atoms with Gasteiger partial charge in [0.25, 0.3) is 0 Å². The average molecular weight is 467 g/mol. The third-order valence-corrected chi connectivity index (χ3v) is 5.36. The molecule has 4 rings (SSSR count). The van der Waals surface area contributed by atoms with Crippen LogP contribution in [0.1, 0.15) is 43.5 Å². The first-order chi connectivity index (χ1) is 15.4. The van der Waals surface area contributed by atoms with Gasteiger partial charge in [-0.2, -0.15) is 0 Å². The van der Waals surface area contributed by atoms with Crippen LogP contribution in [0.5, 0.6) is 0 Å². The molecule has 0 saturated heterocycles. The Balaban J connectivity index is 0.00000306. The Kier molecular flexibility index (Phi) is 7.28. The van der Waals surface area contributed by atoms with Gasteiger partial charge in [0.05, 0.1) is 25.0 Å². The van der Waals surface area contributed by atoms with E-state index in [2.05, 4.69) is 23.8 Å². The standard InChI is InChI=1S/C24H26N6O2.ClH/c1-5-32-21(25)17-10-8-16(9-11-17)14-30-23-19(29(4)24(30)31)13-27-22(28-23)18-7-6-12-26-20(18)15(2)3;/h6-13,15,25H,5,14H2,1-4H3;1H. The van der Waals surface area contributed by atoms with Gasteiger partial charge in [-0.1, -0.05) is 26.0 Å². The minimum absolute atomic E-state index is 0. The second-order valence-electron chi connectivity index (χ2n) is 7.88. The third-order valence-electron chi connectivity index (χ3n) is 5.36. The van der Waals surface area contributed by atoms with Gasteiger partial charge in [0.1, 0.15) is 5.52 Å². The number of hydrogen-bond donors (Lipinski definition) is 1. The molecule has 0 fully saturated rings. The number of aromatic nitrogens is 5. The number of nitrogens with one attached hydrogen (secondary N) is 1. The summed E-state index contributed by atoms with van der Waals surface area (Å²) in [5, 5.41) is 7.92. The Labute approximate surface area is 198 Å². The lowest BCUT2D eigenvalue weighted by atomic mass is 10.0. The van der Waals surface area contributed by atoms with Crippen molar-refractivity contribution in [1.82, 2.24) is 24.1 Å². The molecular weight excluding hydrogens is 440 g/mol. The van der Waals surface area contributed by atoms with Crippen molar-refractivity contribution in [3.05, 3.63) is 76.1 Å². The summed E-state index contributed by atoms with van der Waals surface area (Å²) >= 11 is 0. The lowest BCUT2D eigenvalue weighted by Crippen LogP contribution is -2.23. The normalized spacial score (nSPS) is 10.9. The van der Waals surface area contributed by atoms with Gasteiger partial charge in [-0.25, -0.2) is 14.8 Å². The van der Waals surface area contributed by atoms with Crippen LogP contribution in [0.4, 0.5) is 0 Å². The van der Waals surface area contributed by atoms with Crippen molar-refractivity contribution in [2.24, 2.45) is 7.05 Å². The summed E-state index contributed by atoms with van der Waals surface area (Å²) in [6.07, 6.45) is 3.46.